The summed E-state index contributed by atoms with van der Waals surface area (Å²) in [5.74, 6) is 0.378. The van der Waals surface area contributed by atoms with Gasteiger partial charge in [0.25, 0.3) is 0 Å². The second kappa shape index (κ2) is 23.9. The van der Waals surface area contributed by atoms with E-state index in [1.807, 2.05) is 31.2 Å². The van der Waals surface area contributed by atoms with Gasteiger partial charge in [0.2, 0.25) is 0 Å². The van der Waals surface area contributed by atoms with Crippen molar-refractivity contribution in [3.05, 3.63) is 59.5 Å². The standard InChI is InChI=1S/C41H64N5O7P/c1-3-4-5-6-7-8-9-10-11-12-13-14-15-16-17-18-27-49-30-36(50-29-35-21-19-34(28-42)20-22-35)31-51-54(47,48)52-32-41(2)26-25-39(53-41)37-23-24-38-40(43)44-33-45-46(37)38/h19-24,33,36,39H,3-18,25-27,29-32H2,1-2H3,(H,47,48)(H2,43,44,45)/t36?,39?,41-/m0/s1. The number of rotatable bonds is 29. The molecule has 300 valence electrons. The van der Waals surface area contributed by atoms with Crippen LogP contribution in [0.25, 0.3) is 5.52 Å². The molecule has 1 aliphatic rings. The minimum Gasteiger partial charge on any atom is -0.382 e. The number of anilines is 1. The van der Waals surface area contributed by atoms with Gasteiger partial charge in [-0.3, -0.25) is 9.05 Å². The van der Waals surface area contributed by atoms with Gasteiger partial charge in [-0.1, -0.05) is 115 Å². The molecule has 0 aliphatic carbocycles. The van der Waals surface area contributed by atoms with Crippen molar-refractivity contribution in [1.82, 2.24) is 14.6 Å². The first-order valence-electron chi connectivity index (χ1n) is 20.3. The third kappa shape index (κ3) is 15.7. The van der Waals surface area contributed by atoms with Crippen LogP contribution in [0.3, 0.4) is 0 Å². The number of nitrogens with two attached hydrogens (primary N) is 1. The summed E-state index contributed by atoms with van der Waals surface area (Å²) in [7, 11) is -4.45. The van der Waals surface area contributed by atoms with Crippen molar-refractivity contribution in [2.45, 2.75) is 154 Å². The molecule has 1 aliphatic heterocycles. The average molecular weight is 770 g/mol. The molecular weight excluding hydrogens is 705 g/mol. The molecule has 1 fully saturated rings. The third-order valence-electron chi connectivity index (χ3n) is 10.2. The van der Waals surface area contributed by atoms with E-state index in [1.54, 1.807) is 16.6 Å². The number of aromatic nitrogens is 3. The quantitative estimate of drug-likeness (QED) is 0.0510. The lowest BCUT2D eigenvalue weighted by atomic mass is 10.0. The lowest BCUT2D eigenvalue weighted by Crippen LogP contribution is -2.30. The molecule has 1 saturated heterocycles. The lowest BCUT2D eigenvalue weighted by Gasteiger charge is -2.26. The molecule has 0 spiro atoms. The van der Waals surface area contributed by atoms with Gasteiger partial charge < -0.3 is 24.8 Å². The second-order valence-corrected chi connectivity index (χ2v) is 16.4. The highest BCUT2D eigenvalue weighted by atomic mass is 31.2. The van der Waals surface area contributed by atoms with Gasteiger partial charge in [-0.05, 0) is 56.0 Å². The summed E-state index contributed by atoms with van der Waals surface area (Å²) in [5, 5.41) is 13.4. The fraction of sp³-hybridized carbons (Fsp3) is 0.683. The van der Waals surface area contributed by atoms with Crippen LogP contribution in [0, 0.1) is 11.3 Å². The summed E-state index contributed by atoms with van der Waals surface area (Å²) in [6.07, 6.45) is 22.7. The molecule has 4 rings (SSSR count). The number of nitriles is 1. The molecular formula is C41H64N5O7P. The van der Waals surface area contributed by atoms with Crippen LogP contribution in [0.5, 0.6) is 0 Å². The summed E-state index contributed by atoms with van der Waals surface area (Å²) < 4.78 is 43.9. The molecule has 1 aromatic carbocycles. The highest BCUT2D eigenvalue weighted by molar-refractivity contribution is 7.47. The molecule has 4 atom stereocenters. The van der Waals surface area contributed by atoms with Crippen LogP contribution >= 0.6 is 7.82 Å². The first-order chi connectivity index (χ1) is 26.2. The number of hydrogen-bond acceptors (Lipinski definition) is 10. The largest absolute Gasteiger partial charge is 0.472 e. The van der Waals surface area contributed by atoms with Gasteiger partial charge in [0.1, 0.15) is 24.1 Å². The fourth-order valence-corrected chi connectivity index (χ4v) is 7.73. The Bertz CT molecular complexity index is 1580. The van der Waals surface area contributed by atoms with E-state index in [0.29, 0.717) is 36.3 Å². The molecule has 3 unspecified atom stereocenters. The van der Waals surface area contributed by atoms with Crippen molar-refractivity contribution >= 4 is 19.2 Å². The lowest BCUT2D eigenvalue weighted by molar-refractivity contribution is -0.0710. The Kier molecular flexibility index (Phi) is 19.4. The van der Waals surface area contributed by atoms with Crippen LogP contribution in [-0.4, -0.2) is 57.6 Å². The van der Waals surface area contributed by atoms with Crippen LogP contribution in [-0.2, 0) is 34.4 Å². The zero-order valence-corrected chi connectivity index (χ0v) is 33.6. The van der Waals surface area contributed by atoms with Crippen molar-refractivity contribution in [1.29, 1.82) is 5.26 Å². The van der Waals surface area contributed by atoms with Gasteiger partial charge in [0.15, 0.2) is 5.82 Å². The van der Waals surface area contributed by atoms with E-state index in [1.165, 1.54) is 96.2 Å². The molecule has 3 heterocycles. The average Bonchev–Trinajstić information content (AvgIpc) is 3.79. The van der Waals surface area contributed by atoms with Crippen molar-refractivity contribution < 1.29 is 32.7 Å². The number of phosphoric ester groups is 1. The summed E-state index contributed by atoms with van der Waals surface area (Å²) in [6, 6.07) is 13.0. The number of nitrogens with zero attached hydrogens (tertiary/aromatic N) is 4. The van der Waals surface area contributed by atoms with Crippen molar-refractivity contribution in [3.63, 3.8) is 0 Å². The molecule has 3 aromatic rings. The maximum absolute atomic E-state index is 13.0. The molecule has 54 heavy (non-hydrogen) atoms. The first-order valence-corrected chi connectivity index (χ1v) is 21.8. The minimum atomic E-state index is -4.45. The number of phosphoric acid groups is 1. The topological polar surface area (TPSA) is 163 Å². The highest BCUT2D eigenvalue weighted by Crippen LogP contribution is 2.47. The molecule has 13 heteroatoms. The zero-order valence-electron chi connectivity index (χ0n) is 32.7. The Labute approximate surface area is 322 Å². The smallest absolute Gasteiger partial charge is 0.382 e. The van der Waals surface area contributed by atoms with Crippen LogP contribution in [0.1, 0.15) is 152 Å². The molecule has 3 N–H and O–H groups in total. The maximum Gasteiger partial charge on any atom is 0.472 e. The van der Waals surface area contributed by atoms with E-state index >= 15 is 0 Å². The van der Waals surface area contributed by atoms with Gasteiger partial charge in [0.05, 0.1) is 49.4 Å². The SMILES string of the molecule is CCCCCCCCCCCCCCCCCCOCC(COP(=O)(O)OC[C@]1(C)CCC(c2ccc3c(N)ncnn23)O1)OCc1ccc(C#N)cc1. The zero-order chi connectivity index (χ0) is 38.5. The van der Waals surface area contributed by atoms with Crippen LogP contribution in [0.2, 0.25) is 0 Å². The van der Waals surface area contributed by atoms with Gasteiger partial charge in [0, 0.05) is 6.61 Å². The summed E-state index contributed by atoms with van der Waals surface area (Å²) >= 11 is 0. The van der Waals surface area contributed by atoms with Crippen molar-refractivity contribution in [3.8, 4) is 6.07 Å². The number of hydrogen-bond donors (Lipinski definition) is 2. The van der Waals surface area contributed by atoms with Gasteiger partial charge >= 0.3 is 7.82 Å². The van der Waals surface area contributed by atoms with E-state index in [-0.39, 0.29) is 32.5 Å². The van der Waals surface area contributed by atoms with Crippen molar-refractivity contribution in [2.24, 2.45) is 0 Å². The maximum atomic E-state index is 13.0. The van der Waals surface area contributed by atoms with Crippen LogP contribution in [0.15, 0.2) is 42.7 Å². The predicted molar refractivity (Wildman–Crippen MR) is 211 cm³/mol. The number of benzene rings is 1. The van der Waals surface area contributed by atoms with E-state index in [0.717, 1.165) is 24.1 Å². The first kappa shape index (κ1) is 43.8. The summed E-state index contributed by atoms with van der Waals surface area (Å²) in [5.41, 5.74) is 8.12. The number of ether oxygens (including phenoxy) is 3. The number of nitrogen functional groups attached to an aromatic ring is 1. The summed E-state index contributed by atoms with van der Waals surface area (Å²) in [4.78, 5) is 14.7. The van der Waals surface area contributed by atoms with Gasteiger partial charge in [-0.2, -0.15) is 10.4 Å². The Morgan fingerprint density at radius 1 is 0.944 bits per heavy atom. The van der Waals surface area contributed by atoms with E-state index in [4.69, 9.17) is 34.3 Å². The van der Waals surface area contributed by atoms with Gasteiger partial charge in [-0.15, -0.1) is 0 Å². The third-order valence-corrected chi connectivity index (χ3v) is 11.1. The normalized spacial score (nSPS) is 18.9. The van der Waals surface area contributed by atoms with Gasteiger partial charge in [-0.25, -0.2) is 14.1 Å². The Balaban J connectivity index is 1.12. The monoisotopic (exact) mass is 769 g/mol. The fourth-order valence-electron chi connectivity index (χ4n) is 6.86. The van der Waals surface area contributed by atoms with E-state index in [9.17, 15) is 9.46 Å². The number of fused-ring (bicyclic) bond motifs is 1. The van der Waals surface area contributed by atoms with Crippen LogP contribution < -0.4 is 5.73 Å². The van der Waals surface area contributed by atoms with Crippen molar-refractivity contribution in [2.75, 3.05) is 32.2 Å². The second-order valence-electron chi connectivity index (χ2n) is 15.0. The Morgan fingerprint density at radius 2 is 1.57 bits per heavy atom. The van der Waals surface area contributed by atoms with Crippen LogP contribution in [0.4, 0.5) is 5.82 Å². The van der Waals surface area contributed by atoms with E-state index in [2.05, 4.69) is 23.1 Å². The predicted octanol–water partition coefficient (Wildman–Crippen LogP) is 9.79. The minimum absolute atomic E-state index is 0.135. The Morgan fingerprint density at radius 3 is 2.20 bits per heavy atom. The number of unbranched alkanes of at least 4 members (excludes halogenated alkanes) is 15. The summed E-state index contributed by atoms with van der Waals surface area (Å²) in [6.45, 7) is 4.81. The molecule has 0 bridgehead atoms. The Hall–Kier alpha value is -2.88. The molecule has 0 radical (unpaired) electrons. The van der Waals surface area contributed by atoms with E-state index < -0.39 is 19.5 Å². The molecule has 12 nitrogen and oxygen atoms in total. The molecule has 2 aromatic heterocycles. The molecule has 0 saturated carbocycles. The highest BCUT2D eigenvalue weighted by Gasteiger charge is 2.40. The molecule has 0 amide bonds.